The average Bonchev–Trinajstić information content (AvgIpc) is 2.45. The van der Waals surface area contributed by atoms with Crippen molar-refractivity contribution in [3.63, 3.8) is 0 Å². The van der Waals surface area contributed by atoms with Gasteiger partial charge in [0.1, 0.15) is 5.82 Å². The maximum Gasteiger partial charge on any atom is 0.225 e. The van der Waals surface area contributed by atoms with E-state index in [0.29, 0.717) is 12.0 Å². The Balaban J connectivity index is 2.55. The van der Waals surface area contributed by atoms with Crippen LogP contribution in [0.4, 0.5) is 11.8 Å². The third kappa shape index (κ3) is 2.78. The number of benzene rings is 1. The summed E-state index contributed by atoms with van der Waals surface area (Å²) in [7, 11) is 2.10. The van der Waals surface area contributed by atoms with E-state index < -0.39 is 0 Å². The minimum Gasteiger partial charge on any atom is -0.356 e. The van der Waals surface area contributed by atoms with Gasteiger partial charge in [-0.2, -0.15) is 4.98 Å². The molecule has 0 saturated carbocycles. The van der Waals surface area contributed by atoms with Gasteiger partial charge in [0.25, 0.3) is 0 Å². The highest BCUT2D eigenvalue weighted by Gasteiger charge is 2.14. The van der Waals surface area contributed by atoms with Gasteiger partial charge in [-0.25, -0.2) is 4.98 Å². The first-order valence-corrected chi connectivity index (χ1v) is 6.90. The smallest absolute Gasteiger partial charge is 0.225 e. The van der Waals surface area contributed by atoms with Crippen molar-refractivity contribution < 1.29 is 0 Å². The number of hydrogen-bond donors (Lipinski definition) is 1. The fourth-order valence-corrected chi connectivity index (χ4v) is 2.05. The number of hydrogen-bond acceptors (Lipinski definition) is 4. The van der Waals surface area contributed by atoms with E-state index >= 15 is 0 Å². The van der Waals surface area contributed by atoms with Gasteiger partial charge in [-0.1, -0.05) is 19.1 Å². The zero-order valence-electron chi connectivity index (χ0n) is 12.1. The summed E-state index contributed by atoms with van der Waals surface area (Å²) in [6.45, 7) is 7.28. The summed E-state index contributed by atoms with van der Waals surface area (Å²) in [6, 6.07) is 8.61. The van der Waals surface area contributed by atoms with Crippen LogP contribution >= 0.6 is 0 Å². The zero-order chi connectivity index (χ0) is 13.8. The molecule has 0 saturated heterocycles. The second kappa shape index (κ2) is 5.87. The van der Waals surface area contributed by atoms with Crippen LogP contribution < -0.4 is 10.2 Å². The Hall–Kier alpha value is -1.84. The first-order chi connectivity index (χ1) is 9.17. The summed E-state index contributed by atoms with van der Waals surface area (Å²) in [6.07, 6.45) is 1.09. The van der Waals surface area contributed by atoms with E-state index in [1.165, 1.54) is 0 Å². The average molecular weight is 258 g/mol. The van der Waals surface area contributed by atoms with Gasteiger partial charge in [0.15, 0.2) is 0 Å². The monoisotopic (exact) mass is 258 g/mol. The molecule has 2 aromatic rings. The van der Waals surface area contributed by atoms with Gasteiger partial charge in [0, 0.05) is 25.0 Å². The number of nitrogens with one attached hydrogen (secondary N) is 1. The van der Waals surface area contributed by atoms with Crippen LogP contribution in [0.1, 0.15) is 27.2 Å². The molecule has 0 radical (unpaired) electrons. The molecule has 2 rings (SSSR count). The number of nitrogens with zero attached hydrogens (tertiary/aromatic N) is 3. The van der Waals surface area contributed by atoms with Crippen LogP contribution in [0.3, 0.4) is 0 Å². The number of fused-ring (bicyclic) bond motifs is 1. The van der Waals surface area contributed by atoms with Crippen molar-refractivity contribution in [2.75, 3.05) is 23.8 Å². The molecule has 0 spiro atoms. The predicted octanol–water partition coefficient (Wildman–Crippen LogP) is 3.30. The van der Waals surface area contributed by atoms with Gasteiger partial charge >= 0.3 is 0 Å². The second-order valence-corrected chi connectivity index (χ2v) is 4.79. The molecule has 1 aromatic heterocycles. The Morgan fingerprint density at radius 1 is 1.21 bits per heavy atom. The van der Waals surface area contributed by atoms with Gasteiger partial charge in [-0.05, 0) is 32.4 Å². The summed E-state index contributed by atoms with van der Waals surface area (Å²) < 4.78 is 0. The van der Waals surface area contributed by atoms with Crippen molar-refractivity contribution in [2.45, 2.75) is 33.2 Å². The molecule has 1 atom stereocenters. The molecule has 4 nitrogen and oxygen atoms in total. The Kier molecular flexibility index (Phi) is 4.20. The molecule has 0 aliphatic carbocycles. The lowest BCUT2D eigenvalue weighted by atomic mass is 10.2. The van der Waals surface area contributed by atoms with E-state index in [2.05, 4.69) is 54.1 Å². The Morgan fingerprint density at radius 3 is 2.63 bits per heavy atom. The van der Waals surface area contributed by atoms with Gasteiger partial charge in [0.2, 0.25) is 5.95 Å². The Bertz CT molecular complexity index is 553. The summed E-state index contributed by atoms with van der Waals surface area (Å²) in [5.74, 6) is 1.70. The molecular weight excluding hydrogens is 236 g/mol. The second-order valence-electron chi connectivity index (χ2n) is 4.79. The fourth-order valence-electron chi connectivity index (χ4n) is 2.05. The lowest BCUT2D eigenvalue weighted by molar-refractivity contribution is 0.659. The number of anilines is 2. The van der Waals surface area contributed by atoms with Crippen LogP contribution in [0.15, 0.2) is 24.3 Å². The molecule has 0 amide bonds. The van der Waals surface area contributed by atoms with Gasteiger partial charge < -0.3 is 10.2 Å². The normalized spacial score (nSPS) is 12.4. The summed E-state index contributed by atoms with van der Waals surface area (Å²) in [4.78, 5) is 11.4. The van der Waals surface area contributed by atoms with Crippen LogP contribution in [0.2, 0.25) is 0 Å². The lowest BCUT2D eigenvalue weighted by Crippen LogP contribution is -2.29. The summed E-state index contributed by atoms with van der Waals surface area (Å²) in [5.41, 5.74) is 0.985. The van der Waals surface area contributed by atoms with Crippen molar-refractivity contribution >= 4 is 22.7 Å². The van der Waals surface area contributed by atoms with Gasteiger partial charge in [-0.3, -0.25) is 0 Å². The number of para-hydroxylation sites is 1. The van der Waals surface area contributed by atoms with Crippen LogP contribution in [0, 0.1) is 0 Å². The van der Waals surface area contributed by atoms with Crippen LogP contribution in [-0.2, 0) is 0 Å². The van der Waals surface area contributed by atoms with Crippen LogP contribution in [-0.4, -0.2) is 29.6 Å². The minimum atomic E-state index is 0.452. The molecule has 0 aliphatic rings. The van der Waals surface area contributed by atoms with Crippen LogP contribution in [0.25, 0.3) is 10.9 Å². The molecule has 102 valence electrons. The highest BCUT2D eigenvalue weighted by molar-refractivity contribution is 5.90. The van der Waals surface area contributed by atoms with Crippen molar-refractivity contribution in [1.82, 2.24) is 9.97 Å². The van der Waals surface area contributed by atoms with E-state index in [1.807, 2.05) is 18.2 Å². The molecule has 1 N–H and O–H groups in total. The number of aromatic nitrogens is 2. The Labute approximate surface area is 114 Å². The van der Waals surface area contributed by atoms with Crippen molar-refractivity contribution in [3.8, 4) is 0 Å². The van der Waals surface area contributed by atoms with Gasteiger partial charge in [-0.15, -0.1) is 0 Å². The maximum atomic E-state index is 4.66. The van der Waals surface area contributed by atoms with E-state index in [4.69, 9.17) is 0 Å². The highest BCUT2D eigenvalue weighted by Crippen LogP contribution is 2.26. The minimum absolute atomic E-state index is 0.452. The van der Waals surface area contributed by atoms with Crippen molar-refractivity contribution in [2.24, 2.45) is 0 Å². The predicted molar refractivity (Wildman–Crippen MR) is 81.9 cm³/mol. The number of rotatable bonds is 5. The topological polar surface area (TPSA) is 41.1 Å². The standard InChI is InChI=1S/C15H22N4/c1-5-11(3)19(4)14-12-9-7-8-10-13(12)17-15(18-14)16-6-2/h7-11H,5-6H2,1-4H3,(H,16,17,18). The molecule has 0 bridgehead atoms. The van der Waals surface area contributed by atoms with Crippen molar-refractivity contribution in [1.29, 1.82) is 0 Å². The quantitative estimate of drug-likeness (QED) is 0.893. The fraction of sp³-hybridized carbons (Fsp3) is 0.467. The largest absolute Gasteiger partial charge is 0.356 e. The van der Waals surface area contributed by atoms with E-state index in [0.717, 1.165) is 29.7 Å². The first-order valence-electron chi connectivity index (χ1n) is 6.90. The molecule has 0 fully saturated rings. The molecule has 1 heterocycles. The summed E-state index contributed by atoms with van der Waals surface area (Å²) >= 11 is 0. The van der Waals surface area contributed by atoms with E-state index in [9.17, 15) is 0 Å². The van der Waals surface area contributed by atoms with Crippen molar-refractivity contribution in [3.05, 3.63) is 24.3 Å². The van der Waals surface area contributed by atoms with E-state index in [-0.39, 0.29) is 0 Å². The first kappa shape index (κ1) is 13.6. The third-order valence-corrected chi connectivity index (χ3v) is 3.50. The molecule has 19 heavy (non-hydrogen) atoms. The molecule has 1 unspecified atom stereocenters. The lowest BCUT2D eigenvalue weighted by Gasteiger charge is -2.26. The SMILES string of the molecule is CCNc1nc(N(C)C(C)CC)c2ccccc2n1. The highest BCUT2D eigenvalue weighted by atomic mass is 15.2. The molecule has 1 aromatic carbocycles. The third-order valence-electron chi connectivity index (χ3n) is 3.50. The Morgan fingerprint density at radius 2 is 1.95 bits per heavy atom. The zero-order valence-corrected chi connectivity index (χ0v) is 12.1. The summed E-state index contributed by atoms with van der Waals surface area (Å²) in [5, 5.41) is 4.31. The van der Waals surface area contributed by atoms with E-state index in [1.54, 1.807) is 0 Å². The van der Waals surface area contributed by atoms with Crippen LogP contribution in [0.5, 0.6) is 0 Å². The molecule has 4 heteroatoms. The molecule has 0 aliphatic heterocycles. The molecular formula is C15H22N4. The van der Waals surface area contributed by atoms with Gasteiger partial charge in [0.05, 0.1) is 5.52 Å². The maximum absolute atomic E-state index is 4.66.